The number of hydrogen-bond donors (Lipinski definition) is 2. The van der Waals surface area contributed by atoms with Crippen molar-refractivity contribution in [1.82, 2.24) is 4.98 Å². The molecule has 2 N–H and O–H groups in total. The minimum Gasteiger partial charge on any atom is -0.326 e. The van der Waals surface area contributed by atoms with Crippen LogP contribution in [0.4, 0.5) is 29.1 Å². The van der Waals surface area contributed by atoms with E-state index in [4.69, 9.17) is 34.8 Å². The van der Waals surface area contributed by atoms with Crippen LogP contribution in [0.3, 0.4) is 0 Å². The molecule has 12 heteroatoms. The molecule has 0 aliphatic heterocycles. The Kier molecular flexibility index (Phi) is 6.95. The van der Waals surface area contributed by atoms with Crippen LogP contribution in [0.25, 0.3) is 0 Å². The fourth-order valence-corrected chi connectivity index (χ4v) is 4.67. The first kappa shape index (κ1) is 25.2. The zero-order chi connectivity index (χ0) is 25.5. The largest absolute Gasteiger partial charge is 0.326 e. The van der Waals surface area contributed by atoms with E-state index in [9.17, 15) is 27.2 Å². The summed E-state index contributed by atoms with van der Waals surface area (Å²) in [7, 11) is 0. The van der Waals surface area contributed by atoms with Gasteiger partial charge in [0.25, 0.3) is 12.3 Å². The molecule has 1 aliphatic carbocycles. The molecule has 5 nitrogen and oxygen atoms in total. The quantitative estimate of drug-likeness (QED) is 0.266. The van der Waals surface area contributed by atoms with Gasteiger partial charge in [-0.3, -0.25) is 9.59 Å². The molecule has 3 aromatic rings. The lowest BCUT2D eigenvalue weighted by Crippen LogP contribution is -2.18. The zero-order valence-electron chi connectivity index (χ0n) is 17.3. The predicted molar refractivity (Wildman–Crippen MR) is 124 cm³/mol. The molecule has 4 rings (SSSR count). The third-order valence-corrected chi connectivity index (χ3v) is 6.65. The van der Waals surface area contributed by atoms with Crippen molar-refractivity contribution < 1.29 is 27.2 Å². The fourth-order valence-electron chi connectivity index (χ4n) is 3.63. The first-order valence-corrected chi connectivity index (χ1v) is 11.1. The van der Waals surface area contributed by atoms with Gasteiger partial charge in [-0.15, -0.1) is 23.2 Å². The highest BCUT2D eigenvalue weighted by molar-refractivity contribution is 6.53. The van der Waals surface area contributed by atoms with Gasteiger partial charge in [0.2, 0.25) is 5.91 Å². The number of anilines is 2. The topological polar surface area (TPSA) is 71.1 Å². The van der Waals surface area contributed by atoms with Gasteiger partial charge in [-0.05, 0) is 29.8 Å². The maximum absolute atomic E-state index is 13.8. The van der Waals surface area contributed by atoms with E-state index in [1.807, 2.05) is 0 Å². The summed E-state index contributed by atoms with van der Waals surface area (Å²) in [6.45, 7) is 0. The minimum absolute atomic E-state index is 0.0137. The van der Waals surface area contributed by atoms with Gasteiger partial charge in [0, 0.05) is 23.2 Å². The number of nitrogens with zero attached hydrogens (tertiary/aromatic N) is 1. The van der Waals surface area contributed by atoms with Gasteiger partial charge in [0.15, 0.2) is 11.6 Å². The summed E-state index contributed by atoms with van der Waals surface area (Å²) >= 11 is 18.6. The van der Waals surface area contributed by atoms with Crippen molar-refractivity contribution in [3.8, 4) is 0 Å². The maximum atomic E-state index is 13.8. The molecule has 1 saturated carbocycles. The number of amides is 2. The second-order valence-corrected chi connectivity index (χ2v) is 9.57. The average molecular weight is 547 g/mol. The second-order valence-electron chi connectivity index (χ2n) is 7.72. The number of carbonyl (C=O) groups is 2. The molecular weight excluding hydrogens is 533 g/mol. The summed E-state index contributed by atoms with van der Waals surface area (Å²) in [5.41, 5.74) is 0.180. The first-order valence-electron chi connectivity index (χ1n) is 9.97. The second kappa shape index (κ2) is 9.64. The fraction of sp³-hybridized carbons (Fsp3) is 0.174. The van der Waals surface area contributed by atoms with Crippen LogP contribution in [0.15, 0.2) is 54.7 Å². The number of rotatable bonds is 6. The van der Waals surface area contributed by atoms with Crippen molar-refractivity contribution in [2.45, 2.75) is 16.7 Å². The summed E-state index contributed by atoms with van der Waals surface area (Å²) in [6.07, 6.45) is -1.97. The molecule has 0 spiro atoms. The van der Waals surface area contributed by atoms with Crippen LogP contribution in [0.2, 0.25) is 5.02 Å². The summed E-state index contributed by atoms with van der Waals surface area (Å²) in [6, 6.07) is 10.00. The number of hydrogen-bond acceptors (Lipinski definition) is 3. The Bertz CT molecular complexity index is 1320. The van der Waals surface area contributed by atoms with Crippen molar-refractivity contribution in [2.24, 2.45) is 5.92 Å². The van der Waals surface area contributed by atoms with Gasteiger partial charge in [0.1, 0.15) is 10.2 Å². The molecule has 0 radical (unpaired) electrons. The zero-order valence-corrected chi connectivity index (χ0v) is 19.6. The van der Waals surface area contributed by atoms with E-state index in [2.05, 4.69) is 15.6 Å². The van der Waals surface area contributed by atoms with Crippen LogP contribution in [-0.4, -0.2) is 21.1 Å². The van der Waals surface area contributed by atoms with Gasteiger partial charge in [-0.1, -0.05) is 29.8 Å². The molecule has 1 heterocycles. The smallest absolute Gasteiger partial charge is 0.263 e. The molecule has 2 aromatic carbocycles. The molecule has 35 heavy (non-hydrogen) atoms. The summed E-state index contributed by atoms with van der Waals surface area (Å²) < 4.78 is 51.4. The third-order valence-electron chi connectivity index (χ3n) is 5.38. The van der Waals surface area contributed by atoms with Gasteiger partial charge in [-0.2, -0.15) is 0 Å². The Morgan fingerprint density at radius 1 is 1.03 bits per heavy atom. The Hall–Kier alpha value is -2.88. The number of carbonyl (C=O) groups excluding carboxylic acids is 2. The molecule has 2 atom stereocenters. The number of pyridine rings is 1. The summed E-state index contributed by atoms with van der Waals surface area (Å²) in [4.78, 5) is 28.9. The van der Waals surface area contributed by atoms with E-state index in [0.29, 0.717) is 11.6 Å². The van der Waals surface area contributed by atoms with E-state index >= 15 is 0 Å². The number of nitrogens with one attached hydrogen (secondary N) is 2. The maximum Gasteiger partial charge on any atom is 0.263 e. The highest BCUT2D eigenvalue weighted by atomic mass is 35.5. The standard InChI is InChI=1S/C23H14Cl3F4N3O2/c24-15-5-4-13(8-14(15)21(34)33-20-16(28)7-12(27)9-31-20)32-22(35)18-17(23(18,25)26)10-2-1-3-11(6-10)19(29)30/h1-9,17-19H,(H,32,35)(H,31,33,34)/t17-,18+/m1/s1. The lowest BCUT2D eigenvalue weighted by Gasteiger charge is -2.10. The SMILES string of the molecule is O=C(Nc1ncc(F)cc1F)c1cc(NC(=O)[C@@H]2[C@@H](c3cccc(C(F)F)c3)C2(Cl)Cl)ccc1Cl. The highest BCUT2D eigenvalue weighted by Crippen LogP contribution is 2.65. The minimum atomic E-state index is -2.70. The van der Waals surface area contributed by atoms with Crippen LogP contribution >= 0.6 is 34.8 Å². The van der Waals surface area contributed by atoms with E-state index in [1.54, 1.807) is 6.07 Å². The van der Waals surface area contributed by atoms with Crippen molar-refractivity contribution in [2.75, 3.05) is 10.6 Å². The first-order chi connectivity index (χ1) is 16.5. The van der Waals surface area contributed by atoms with Crippen LogP contribution in [0.5, 0.6) is 0 Å². The number of benzene rings is 2. The normalized spacial score (nSPS) is 18.3. The average Bonchev–Trinajstić information content (AvgIpc) is 3.39. The van der Waals surface area contributed by atoms with Gasteiger partial charge in [-0.25, -0.2) is 22.5 Å². The van der Waals surface area contributed by atoms with Crippen LogP contribution in [0.1, 0.15) is 33.8 Å². The molecule has 2 amide bonds. The highest BCUT2D eigenvalue weighted by Gasteiger charge is 2.67. The Balaban J connectivity index is 1.51. The Labute approximate surface area is 211 Å². The molecule has 182 valence electrons. The van der Waals surface area contributed by atoms with E-state index in [-0.39, 0.29) is 21.8 Å². The van der Waals surface area contributed by atoms with E-state index in [0.717, 1.165) is 6.20 Å². The molecule has 0 bridgehead atoms. The van der Waals surface area contributed by atoms with Crippen molar-refractivity contribution in [3.63, 3.8) is 0 Å². The monoisotopic (exact) mass is 545 g/mol. The van der Waals surface area contributed by atoms with Gasteiger partial charge in [0.05, 0.1) is 22.7 Å². The van der Waals surface area contributed by atoms with Crippen LogP contribution in [0, 0.1) is 17.6 Å². The number of halogens is 7. The van der Waals surface area contributed by atoms with Gasteiger partial charge < -0.3 is 10.6 Å². The third kappa shape index (κ3) is 5.22. The molecule has 0 unspecified atom stereocenters. The summed E-state index contributed by atoms with van der Waals surface area (Å²) in [5.74, 6) is -5.67. The summed E-state index contributed by atoms with van der Waals surface area (Å²) in [5, 5.41) is 4.73. The molecule has 0 saturated heterocycles. The molecular formula is C23H14Cl3F4N3O2. The van der Waals surface area contributed by atoms with Crippen molar-refractivity contribution in [1.29, 1.82) is 0 Å². The molecule has 1 fully saturated rings. The predicted octanol–water partition coefficient (Wildman–Crippen LogP) is 6.73. The van der Waals surface area contributed by atoms with Gasteiger partial charge >= 0.3 is 0 Å². The van der Waals surface area contributed by atoms with Crippen LogP contribution < -0.4 is 10.6 Å². The molecule has 1 aliphatic rings. The number of aromatic nitrogens is 1. The van der Waals surface area contributed by atoms with Crippen molar-refractivity contribution >= 4 is 58.1 Å². The van der Waals surface area contributed by atoms with E-state index < -0.39 is 51.9 Å². The molecule has 1 aromatic heterocycles. The van der Waals surface area contributed by atoms with E-state index in [1.165, 1.54) is 36.4 Å². The Morgan fingerprint density at radius 2 is 1.77 bits per heavy atom. The van der Waals surface area contributed by atoms with Crippen molar-refractivity contribution in [3.05, 3.63) is 88.1 Å². The lowest BCUT2D eigenvalue weighted by atomic mass is 10.1. The van der Waals surface area contributed by atoms with Crippen LogP contribution in [-0.2, 0) is 4.79 Å². The number of alkyl halides is 4. The Morgan fingerprint density at radius 3 is 2.46 bits per heavy atom. The lowest BCUT2D eigenvalue weighted by molar-refractivity contribution is -0.117.